The average molecular weight is 336 g/mol. The van der Waals surface area contributed by atoms with Gasteiger partial charge in [-0.25, -0.2) is 10.1 Å². The minimum atomic E-state index is -0.489. The van der Waals surface area contributed by atoms with Crippen molar-refractivity contribution in [3.8, 4) is 5.75 Å². The Kier molecular flexibility index (Phi) is 4.56. The fraction of sp³-hybridized carbons (Fsp3) is 0.111. The number of ether oxygens (including phenoxy) is 1. The highest BCUT2D eigenvalue weighted by molar-refractivity contribution is 6.04. The van der Waals surface area contributed by atoms with E-state index in [1.165, 1.54) is 13.3 Å². The molecule has 7 heteroatoms. The van der Waals surface area contributed by atoms with Gasteiger partial charge >= 0.3 is 0 Å². The molecule has 0 fully saturated rings. The van der Waals surface area contributed by atoms with Crippen molar-refractivity contribution in [3.63, 3.8) is 0 Å². The third-order valence-electron chi connectivity index (χ3n) is 3.67. The minimum Gasteiger partial charge on any atom is -0.497 e. The molecule has 0 spiro atoms. The number of nitrogens with one attached hydrogen (secondary N) is 1. The topological polar surface area (TPSA) is 85.6 Å². The van der Waals surface area contributed by atoms with E-state index >= 15 is 0 Å². The van der Waals surface area contributed by atoms with E-state index in [4.69, 9.17) is 4.74 Å². The quantitative estimate of drug-likeness (QED) is 0.580. The molecule has 1 aromatic heterocycles. The zero-order valence-corrected chi connectivity index (χ0v) is 13.8. The number of hydrogen-bond donors (Lipinski definition) is 1. The van der Waals surface area contributed by atoms with Gasteiger partial charge in [0.25, 0.3) is 11.5 Å². The van der Waals surface area contributed by atoms with Crippen molar-refractivity contribution in [2.45, 2.75) is 0 Å². The molecule has 0 saturated heterocycles. The van der Waals surface area contributed by atoms with E-state index in [0.29, 0.717) is 10.8 Å². The number of nitrogens with zero attached hydrogens (tertiary/aromatic N) is 3. The van der Waals surface area contributed by atoms with Gasteiger partial charge in [-0.2, -0.15) is 10.2 Å². The molecule has 126 valence electrons. The maximum atomic E-state index is 12.4. The van der Waals surface area contributed by atoms with Crippen molar-refractivity contribution in [1.82, 2.24) is 15.2 Å². The molecule has 0 aliphatic carbocycles. The van der Waals surface area contributed by atoms with Crippen LogP contribution in [0.2, 0.25) is 0 Å². The first kappa shape index (κ1) is 16.4. The van der Waals surface area contributed by atoms with E-state index in [1.54, 1.807) is 43.5 Å². The lowest BCUT2D eigenvalue weighted by Crippen LogP contribution is -2.27. The molecule has 0 aliphatic rings. The first-order chi connectivity index (χ1) is 12.1. The van der Waals surface area contributed by atoms with Crippen molar-refractivity contribution >= 4 is 22.9 Å². The zero-order chi connectivity index (χ0) is 17.8. The average Bonchev–Trinajstić information content (AvgIpc) is 2.65. The lowest BCUT2D eigenvalue weighted by Gasteiger charge is -2.06. The van der Waals surface area contributed by atoms with E-state index in [2.05, 4.69) is 15.6 Å². The first-order valence-corrected chi connectivity index (χ1v) is 7.53. The van der Waals surface area contributed by atoms with Gasteiger partial charge in [0, 0.05) is 12.4 Å². The van der Waals surface area contributed by atoms with Gasteiger partial charge in [0.05, 0.1) is 18.7 Å². The predicted octanol–water partition coefficient (Wildman–Crippen LogP) is 1.71. The standard InChI is InChI=1S/C18H16N4O3/c1-22-18(24)15-6-4-3-5-14(15)16(21-22)17(23)20-19-11-12-7-9-13(25-2)10-8-12/h3-11H,1-2H3,(H,20,23). The molecule has 25 heavy (non-hydrogen) atoms. The minimum absolute atomic E-state index is 0.143. The van der Waals surface area contributed by atoms with Crippen LogP contribution in [0.5, 0.6) is 5.75 Å². The Morgan fingerprint density at radius 3 is 2.52 bits per heavy atom. The summed E-state index contributed by atoms with van der Waals surface area (Å²) in [6.45, 7) is 0. The number of hydrogen-bond acceptors (Lipinski definition) is 5. The highest BCUT2D eigenvalue weighted by atomic mass is 16.5. The summed E-state index contributed by atoms with van der Waals surface area (Å²) in [4.78, 5) is 24.5. The van der Waals surface area contributed by atoms with Gasteiger partial charge in [0.1, 0.15) is 5.75 Å². The van der Waals surface area contributed by atoms with Crippen molar-refractivity contribution in [2.24, 2.45) is 12.1 Å². The molecule has 3 aromatic rings. The summed E-state index contributed by atoms with van der Waals surface area (Å²) in [6.07, 6.45) is 1.52. The molecule has 0 atom stereocenters. The Hall–Kier alpha value is -3.48. The Labute approximate surface area is 143 Å². The van der Waals surface area contributed by atoms with Crippen LogP contribution in [0.15, 0.2) is 58.4 Å². The van der Waals surface area contributed by atoms with Gasteiger partial charge in [-0.1, -0.05) is 18.2 Å². The molecule has 1 heterocycles. The summed E-state index contributed by atoms with van der Waals surface area (Å²) in [7, 11) is 3.10. The summed E-state index contributed by atoms with van der Waals surface area (Å²) in [6, 6.07) is 14.1. The smallest absolute Gasteiger partial charge is 0.292 e. The Morgan fingerprint density at radius 2 is 1.84 bits per heavy atom. The second-order valence-corrected chi connectivity index (χ2v) is 5.30. The molecule has 0 radical (unpaired) electrons. The number of rotatable bonds is 4. The largest absolute Gasteiger partial charge is 0.497 e. The summed E-state index contributed by atoms with van der Waals surface area (Å²) < 4.78 is 6.22. The molecule has 1 amide bonds. The summed E-state index contributed by atoms with van der Waals surface area (Å²) in [5.41, 5.74) is 3.13. The number of carbonyl (C=O) groups is 1. The van der Waals surface area contributed by atoms with E-state index in [0.717, 1.165) is 16.0 Å². The molecule has 0 unspecified atom stereocenters. The fourth-order valence-corrected chi connectivity index (χ4v) is 2.38. The number of carbonyl (C=O) groups excluding carboxylic acids is 1. The highest BCUT2D eigenvalue weighted by Gasteiger charge is 2.14. The van der Waals surface area contributed by atoms with Crippen LogP contribution in [-0.2, 0) is 7.05 Å². The van der Waals surface area contributed by atoms with Crippen LogP contribution >= 0.6 is 0 Å². The number of hydrazone groups is 1. The van der Waals surface area contributed by atoms with E-state index in [9.17, 15) is 9.59 Å². The monoisotopic (exact) mass is 336 g/mol. The van der Waals surface area contributed by atoms with Crippen molar-refractivity contribution in [3.05, 3.63) is 70.1 Å². The summed E-state index contributed by atoms with van der Waals surface area (Å²) in [5, 5.41) is 8.91. The molecular formula is C18H16N4O3. The number of benzene rings is 2. The van der Waals surface area contributed by atoms with Gasteiger partial charge in [0.2, 0.25) is 0 Å². The summed E-state index contributed by atoms with van der Waals surface area (Å²) >= 11 is 0. The lowest BCUT2D eigenvalue weighted by atomic mass is 10.1. The molecule has 2 aromatic carbocycles. The van der Waals surface area contributed by atoms with Gasteiger partial charge in [0.15, 0.2) is 5.69 Å². The molecule has 3 rings (SSSR count). The lowest BCUT2D eigenvalue weighted by molar-refractivity contribution is 0.0950. The third-order valence-corrected chi connectivity index (χ3v) is 3.67. The Bertz CT molecular complexity index is 1010. The number of methoxy groups -OCH3 is 1. The molecule has 7 nitrogen and oxygen atoms in total. The van der Waals surface area contributed by atoms with E-state index in [-0.39, 0.29) is 11.3 Å². The van der Waals surface area contributed by atoms with Crippen LogP contribution in [0.1, 0.15) is 16.1 Å². The van der Waals surface area contributed by atoms with Crippen LogP contribution in [0.3, 0.4) is 0 Å². The molecule has 0 aliphatic heterocycles. The van der Waals surface area contributed by atoms with Crippen LogP contribution in [-0.4, -0.2) is 29.0 Å². The highest BCUT2D eigenvalue weighted by Crippen LogP contribution is 2.13. The van der Waals surface area contributed by atoms with Crippen molar-refractivity contribution in [2.75, 3.05) is 7.11 Å². The predicted molar refractivity (Wildman–Crippen MR) is 95.0 cm³/mol. The number of aromatic nitrogens is 2. The first-order valence-electron chi connectivity index (χ1n) is 7.53. The third kappa shape index (κ3) is 3.40. The van der Waals surface area contributed by atoms with Crippen molar-refractivity contribution in [1.29, 1.82) is 0 Å². The second kappa shape index (κ2) is 6.96. The molecule has 0 saturated carbocycles. The van der Waals surface area contributed by atoms with Crippen molar-refractivity contribution < 1.29 is 9.53 Å². The van der Waals surface area contributed by atoms with E-state index in [1.807, 2.05) is 12.1 Å². The normalized spacial score (nSPS) is 11.0. The Balaban J connectivity index is 1.84. The maximum Gasteiger partial charge on any atom is 0.292 e. The van der Waals surface area contributed by atoms with Gasteiger partial charge in [-0.05, 0) is 35.9 Å². The molecule has 0 bridgehead atoms. The van der Waals surface area contributed by atoms with Gasteiger partial charge in [-0.3, -0.25) is 9.59 Å². The SMILES string of the molecule is COc1ccc(C=NNC(=O)c2nn(C)c(=O)c3ccccc23)cc1. The molecule has 1 N–H and O–H groups in total. The number of fused-ring (bicyclic) bond motifs is 1. The Morgan fingerprint density at radius 1 is 1.16 bits per heavy atom. The van der Waals surface area contributed by atoms with E-state index < -0.39 is 5.91 Å². The van der Waals surface area contributed by atoms with Gasteiger partial charge in [-0.15, -0.1) is 0 Å². The van der Waals surface area contributed by atoms with Gasteiger partial charge < -0.3 is 4.74 Å². The fourth-order valence-electron chi connectivity index (χ4n) is 2.38. The number of amides is 1. The van der Waals surface area contributed by atoms with Crippen LogP contribution in [0.25, 0.3) is 10.8 Å². The number of aryl methyl sites for hydroxylation is 1. The summed E-state index contributed by atoms with van der Waals surface area (Å²) in [5.74, 6) is 0.249. The van der Waals surface area contributed by atoms with Crippen LogP contribution < -0.4 is 15.7 Å². The van der Waals surface area contributed by atoms with Crippen LogP contribution in [0, 0.1) is 0 Å². The second-order valence-electron chi connectivity index (χ2n) is 5.30. The van der Waals surface area contributed by atoms with Crippen LogP contribution in [0.4, 0.5) is 0 Å². The zero-order valence-electron chi connectivity index (χ0n) is 13.8. The maximum absolute atomic E-state index is 12.4. The molecular weight excluding hydrogens is 320 g/mol.